The number of carbonyl (C=O) groups excluding carboxylic acids is 1. The highest BCUT2D eigenvalue weighted by molar-refractivity contribution is 7.47. The zero-order valence-electron chi connectivity index (χ0n) is 6.96. The second-order valence-electron chi connectivity index (χ2n) is 2.20. The van der Waals surface area contributed by atoms with Crippen LogP contribution in [0.15, 0.2) is 0 Å². The van der Waals surface area contributed by atoms with Gasteiger partial charge in [0.1, 0.15) is 0 Å². The first-order chi connectivity index (χ1) is 6.51. The van der Waals surface area contributed by atoms with E-state index in [0.717, 1.165) is 0 Å². The Hall–Kier alpha value is -0.310. The van der Waals surface area contributed by atoms with Crippen molar-refractivity contribution in [1.29, 1.82) is 0 Å². The quantitative estimate of drug-likeness (QED) is 0.353. The molecule has 1 atom stereocenters. The minimum Gasteiger partial charge on any atom is -0.379 e. The SMILES string of the molecule is O=C(OP(=O)(O)O)[C@@H](O)COP(=O)(O)O. The van der Waals surface area contributed by atoms with Crippen molar-refractivity contribution in [2.24, 2.45) is 0 Å². The van der Waals surface area contributed by atoms with Crippen LogP contribution in [0.2, 0.25) is 0 Å². The molecule has 0 saturated heterocycles. The average Bonchev–Trinajstić information content (AvgIpc) is 1.95. The molecule has 0 unspecified atom stereocenters. The van der Waals surface area contributed by atoms with E-state index >= 15 is 0 Å². The molecule has 0 saturated carbocycles. The second kappa shape index (κ2) is 5.15. The van der Waals surface area contributed by atoms with E-state index < -0.39 is 34.3 Å². The highest BCUT2D eigenvalue weighted by atomic mass is 31.2. The van der Waals surface area contributed by atoms with Crippen LogP contribution in [0, 0.1) is 0 Å². The van der Waals surface area contributed by atoms with Gasteiger partial charge in [-0.3, -0.25) is 14.3 Å². The van der Waals surface area contributed by atoms with Crippen molar-refractivity contribution in [2.45, 2.75) is 6.10 Å². The fourth-order valence-electron chi connectivity index (χ4n) is 0.414. The molecule has 12 heteroatoms. The van der Waals surface area contributed by atoms with Crippen molar-refractivity contribution in [3.8, 4) is 0 Å². The van der Waals surface area contributed by atoms with Gasteiger partial charge >= 0.3 is 21.6 Å². The minimum atomic E-state index is -5.10. The number of carbonyl (C=O) groups is 1. The molecule has 5 N–H and O–H groups in total. The van der Waals surface area contributed by atoms with Crippen molar-refractivity contribution in [1.82, 2.24) is 0 Å². The summed E-state index contributed by atoms with van der Waals surface area (Å²) in [4.78, 5) is 43.1. The van der Waals surface area contributed by atoms with Gasteiger partial charge in [0.25, 0.3) is 0 Å². The van der Waals surface area contributed by atoms with Crippen LogP contribution in [0.1, 0.15) is 0 Å². The van der Waals surface area contributed by atoms with Crippen LogP contribution in [0.5, 0.6) is 0 Å². The molecule has 0 spiro atoms. The molecule has 0 aliphatic carbocycles. The van der Waals surface area contributed by atoms with Crippen LogP contribution in [0.3, 0.4) is 0 Å². The lowest BCUT2D eigenvalue weighted by molar-refractivity contribution is -0.146. The summed E-state index contributed by atoms with van der Waals surface area (Å²) >= 11 is 0. The Kier molecular flexibility index (Phi) is 5.04. The summed E-state index contributed by atoms with van der Waals surface area (Å²) < 4.78 is 27.3. The fraction of sp³-hybridized carbons (Fsp3) is 0.667. The Morgan fingerprint density at radius 3 is 1.93 bits per heavy atom. The normalized spacial score (nSPS) is 14.7. The first-order valence-corrected chi connectivity index (χ1v) is 6.24. The summed E-state index contributed by atoms with van der Waals surface area (Å²) in [5.74, 6) is -1.75. The van der Waals surface area contributed by atoms with Crippen molar-refractivity contribution < 1.29 is 47.7 Å². The van der Waals surface area contributed by atoms with Gasteiger partial charge in [-0.15, -0.1) is 0 Å². The lowest BCUT2D eigenvalue weighted by atomic mass is 10.4. The molecule has 0 bridgehead atoms. The van der Waals surface area contributed by atoms with Crippen LogP contribution < -0.4 is 0 Å². The van der Waals surface area contributed by atoms with Crippen molar-refractivity contribution >= 4 is 21.6 Å². The van der Waals surface area contributed by atoms with Gasteiger partial charge in [-0.2, -0.15) is 0 Å². The summed E-state index contributed by atoms with van der Waals surface area (Å²) in [6.07, 6.45) is -2.20. The monoisotopic (exact) mass is 266 g/mol. The van der Waals surface area contributed by atoms with Crippen LogP contribution >= 0.6 is 15.6 Å². The molecule has 0 aromatic heterocycles. The number of aliphatic hydroxyl groups is 1. The molecule has 0 aliphatic heterocycles. The lowest BCUT2D eigenvalue weighted by Crippen LogP contribution is -2.26. The Bertz CT molecular complexity index is 311. The van der Waals surface area contributed by atoms with E-state index in [-0.39, 0.29) is 0 Å². The maximum absolute atomic E-state index is 10.6. The molecule has 15 heavy (non-hydrogen) atoms. The van der Waals surface area contributed by atoms with Crippen LogP contribution in [0.25, 0.3) is 0 Å². The topological polar surface area (TPSA) is 171 Å². The van der Waals surface area contributed by atoms with Crippen molar-refractivity contribution in [3.63, 3.8) is 0 Å². The van der Waals surface area contributed by atoms with E-state index in [1.165, 1.54) is 0 Å². The van der Waals surface area contributed by atoms with Crippen LogP contribution in [0.4, 0.5) is 0 Å². The largest absolute Gasteiger partial charge is 0.527 e. The number of aliphatic hydroxyl groups excluding tert-OH is 1. The molecular weight excluding hydrogens is 258 g/mol. The van der Waals surface area contributed by atoms with E-state index in [2.05, 4.69) is 9.05 Å². The molecule has 0 aliphatic rings. The van der Waals surface area contributed by atoms with Gasteiger partial charge in [0.05, 0.1) is 6.61 Å². The zero-order chi connectivity index (χ0) is 12.3. The van der Waals surface area contributed by atoms with E-state index in [4.69, 9.17) is 24.7 Å². The third-order valence-electron chi connectivity index (χ3n) is 0.882. The number of hydrogen-bond acceptors (Lipinski definition) is 6. The van der Waals surface area contributed by atoms with Gasteiger partial charge < -0.3 is 19.4 Å². The molecule has 0 aromatic carbocycles. The van der Waals surface area contributed by atoms with E-state index in [1.807, 2.05) is 0 Å². The third kappa shape index (κ3) is 8.67. The fourth-order valence-corrected chi connectivity index (χ4v) is 1.11. The van der Waals surface area contributed by atoms with Crippen LogP contribution in [-0.4, -0.2) is 43.4 Å². The molecule has 0 heterocycles. The second-order valence-corrected chi connectivity index (χ2v) is 4.61. The van der Waals surface area contributed by atoms with Crippen molar-refractivity contribution in [2.75, 3.05) is 6.61 Å². The predicted octanol–water partition coefficient (Wildman–Crippen LogP) is -1.91. The van der Waals surface area contributed by atoms with Gasteiger partial charge in [0.15, 0.2) is 6.10 Å². The first kappa shape index (κ1) is 14.7. The Morgan fingerprint density at radius 2 is 1.60 bits per heavy atom. The summed E-state index contributed by atoms with van der Waals surface area (Å²) in [6.45, 7) is -1.15. The molecule has 0 fully saturated rings. The van der Waals surface area contributed by atoms with Crippen molar-refractivity contribution in [3.05, 3.63) is 0 Å². The highest BCUT2D eigenvalue weighted by Crippen LogP contribution is 2.38. The van der Waals surface area contributed by atoms with Gasteiger partial charge in [0.2, 0.25) is 0 Å². The summed E-state index contributed by atoms with van der Waals surface area (Å²) in [5, 5.41) is 8.76. The smallest absolute Gasteiger partial charge is 0.379 e. The average molecular weight is 266 g/mol. The van der Waals surface area contributed by atoms with Gasteiger partial charge in [-0.05, 0) is 0 Å². The van der Waals surface area contributed by atoms with Gasteiger partial charge in [-0.25, -0.2) is 13.9 Å². The molecule has 0 aromatic rings. The summed E-state index contributed by atoms with van der Waals surface area (Å²) in [5.41, 5.74) is 0. The summed E-state index contributed by atoms with van der Waals surface area (Å²) in [7, 11) is -9.97. The number of phosphoric acid groups is 2. The maximum atomic E-state index is 10.6. The van der Waals surface area contributed by atoms with Gasteiger partial charge in [-0.1, -0.05) is 0 Å². The zero-order valence-corrected chi connectivity index (χ0v) is 8.75. The van der Waals surface area contributed by atoms with E-state index in [0.29, 0.717) is 0 Å². The Labute approximate surface area is 82.9 Å². The molecule has 90 valence electrons. The Morgan fingerprint density at radius 1 is 1.13 bits per heavy atom. The molecular formula is C3H8O10P2. The molecule has 0 amide bonds. The number of phosphoric ester groups is 2. The number of rotatable bonds is 5. The lowest BCUT2D eigenvalue weighted by Gasteiger charge is -2.11. The van der Waals surface area contributed by atoms with E-state index in [9.17, 15) is 13.9 Å². The number of hydrogen-bond donors (Lipinski definition) is 5. The van der Waals surface area contributed by atoms with E-state index in [1.54, 1.807) is 0 Å². The minimum absolute atomic E-state index is 1.15. The predicted molar refractivity (Wildman–Crippen MR) is 42.1 cm³/mol. The Balaban J connectivity index is 4.12. The third-order valence-corrected chi connectivity index (χ3v) is 1.78. The van der Waals surface area contributed by atoms with Gasteiger partial charge in [0, 0.05) is 0 Å². The van der Waals surface area contributed by atoms with Crippen LogP contribution in [-0.2, 0) is 23.0 Å². The highest BCUT2D eigenvalue weighted by Gasteiger charge is 2.28. The first-order valence-electron chi connectivity index (χ1n) is 3.18. The summed E-state index contributed by atoms with van der Waals surface area (Å²) in [6, 6.07) is 0. The maximum Gasteiger partial charge on any atom is 0.527 e. The standard InChI is InChI=1S/C3H8O10P2/c4-2(1-12-14(6,7)8)3(5)13-15(9,10)11/h2,4H,1H2,(H2,6,7,8)(H2,9,10,11)/t2-/m0/s1. The molecule has 10 nitrogen and oxygen atoms in total. The molecule has 0 rings (SSSR count). The molecule has 0 radical (unpaired) electrons.